The average molecular weight is 270 g/mol. The van der Waals surface area contributed by atoms with Gasteiger partial charge >= 0.3 is 0 Å². The van der Waals surface area contributed by atoms with E-state index in [9.17, 15) is 9.59 Å². The zero-order valence-corrected chi connectivity index (χ0v) is 11.6. The van der Waals surface area contributed by atoms with Gasteiger partial charge in [-0.2, -0.15) is 0 Å². The van der Waals surface area contributed by atoms with Gasteiger partial charge < -0.3 is 5.32 Å². The van der Waals surface area contributed by atoms with E-state index < -0.39 is 11.6 Å². The lowest BCUT2D eigenvalue weighted by Gasteiger charge is -2.37. The maximum absolute atomic E-state index is 11.9. The van der Waals surface area contributed by atoms with Crippen molar-refractivity contribution >= 4 is 17.3 Å². The molecule has 0 spiro atoms. The molecule has 1 aromatic heterocycles. The summed E-state index contributed by atoms with van der Waals surface area (Å²) in [6, 6.07) is 3.36. The second-order valence-electron chi connectivity index (χ2n) is 5.90. The number of nitrogens with zero attached hydrogens (tertiary/aromatic N) is 1. The molecule has 104 valence electrons. The highest BCUT2D eigenvalue weighted by atomic mass is 16.2. The van der Waals surface area contributed by atoms with Crippen LogP contribution in [0.3, 0.4) is 0 Å². The number of pyridine rings is 1. The zero-order valence-electron chi connectivity index (χ0n) is 11.6. The summed E-state index contributed by atoms with van der Waals surface area (Å²) < 4.78 is 0. The van der Waals surface area contributed by atoms with Crippen molar-refractivity contribution in [3.63, 3.8) is 0 Å². The van der Waals surface area contributed by atoms with Crippen molar-refractivity contribution in [1.82, 2.24) is 10.3 Å². The van der Waals surface area contributed by atoms with Gasteiger partial charge in [0.05, 0.1) is 17.0 Å². The summed E-state index contributed by atoms with van der Waals surface area (Å²) in [6.45, 7) is 2.18. The minimum atomic E-state index is -0.465. The lowest BCUT2D eigenvalue weighted by molar-refractivity contribution is -0.111. The van der Waals surface area contributed by atoms with Crippen molar-refractivity contribution in [2.24, 2.45) is 0 Å². The van der Waals surface area contributed by atoms with E-state index in [0.29, 0.717) is 17.0 Å². The Morgan fingerprint density at radius 2 is 1.95 bits per heavy atom. The maximum atomic E-state index is 11.9. The van der Waals surface area contributed by atoms with Gasteiger partial charge in [-0.3, -0.25) is 14.6 Å². The molecule has 0 bridgehead atoms. The lowest BCUT2D eigenvalue weighted by Crippen LogP contribution is -2.44. The molecule has 0 aromatic carbocycles. The number of ketones is 2. The fourth-order valence-electron chi connectivity index (χ4n) is 3.08. The van der Waals surface area contributed by atoms with Crippen LogP contribution in [0.2, 0.25) is 0 Å². The highest BCUT2D eigenvalue weighted by molar-refractivity contribution is 6.50. The van der Waals surface area contributed by atoms with Gasteiger partial charge in [0.15, 0.2) is 0 Å². The Morgan fingerprint density at radius 1 is 1.20 bits per heavy atom. The van der Waals surface area contributed by atoms with Crippen LogP contribution in [-0.2, 0) is 4.79 Å². The van der Waals surface area contributed by atoms with Gasteiger partial charge in [0, 0.05) is 17.8 Å². The molecule has 1 saturated carbocycles. The Balaban J connectivity index is 1.95. The molecule has 20 heavy (non-hydrogen) atoms. The van der Waals surface area contributed by atoms with Crippen LogP contribution in [-0.4, -0.2) is 22.1 Å². The third-order valence-corrected chi connectivity index (χ3v) is 4.20. The van der Waals surface area contributed by atoms with E-state index >= 15 is 0 Å². The van der Waals surface area contributed by atoms with E-state index in [1.807, 2.05) is 0 Å². The van der Waals surface area contributed by atoms with Crippen LogP contribution in [0.25, 0.3) is 5.70 Å². The van der Waals surface area contributed by atoms with Crippen LogP contribution < -0.4 is 5.32 Å². The Bertz CT molecular complexity index is 598. The van der Waals surface area contributed by atoms with Gasteiger partial charge in [-0.25, -0.2) is 0 Å². The van der Waals surface area contributed by atoms with Gasteiger partial charge in [0.25, 0.3) is 0 Å². The molecule has 1 aromatic rings. The number of hydrogen-bond acceptors (Lipinski definition) is 4. The van der Waals surface area contributed by atoms with Crippen LogP contribution in [0.4, 0.5) is 0 Å². The molecule has 2 aliphatic rings. The van der Waals surface area contributed by atoms with Gasteiger partial charge in [-0.15, -0.1) is 0 Å². The normalized spacial score (nSPS) is 21.1. The third-order valence-electron chi connectivity index (χ3n) is 4.20. The number of allylic oxidation sites excluding steroid dienone is 1. The molecular formula is C16H18N2O2. The molecule has 0 saturated heterocycles. The summed E-state index contributed by atoms with van der Waals surface area (Å²) in [5.74, 6) is -0.931. The topological polar surface area (TPSA) is 59.1 Å². The minimum absolute atomic E-state index is 0.0143. The van der Waals surface area contributed by atoms with Gasteiger partial charge in [-0.05, 0) is 31.9 Å². The van der Waals surface area contributed by atoms with Crippen molar-refractivity contribution in [2.45, 2.75) is 44.6 Å². The summed E-state index contributed by atoms with van der Waals surface area (Å²) in [7, 11) is 0. The molecule has 4 nitrogen and oxygen atoms in total. The Kier molecular flexibility index (Phi) is 3.16. The number of nitrogens with one attached hydrogen (secondary N) is 1. The first-order valence-corrected chi connectivity index (χ1v) is 7.13. The van der Waals surface area contributed by atoms with Crippen LogP contribution in [0.5, 0.6) is 0 Å². The van der Waals surface area contributed by atoms with Crippen LogP contribution in [0.1, 0.15) is 55.1 Å². The molecule has 1 N–H and O–H groups in total. The summed E-state index contributed by atoms with van der Waals surface area (Å²) in [5, 5.41) is 3.47. The van der Waals surface area contributed by atoms with Gasteiger partial charge in [-0.1, -0.05) is 19.3 Å². The van der Waals surface area contributed by atoms with E-state index in [4.69, 9.17) is 0 Å². The molecule has 1 fully saturated rings. The molecule has 0 aliphatic heterocycles. The summed E-state index contributed by atoms with van der Waals surface area (Å²) >= 11 is 0. The fraction of sp³-hybridized carbons (Fsp3) is 0.438. The second kappa shape index (κ2) is 4.85. The molecule has 2 aliphatic carbocycles. The van der Waals surface area contributed by atoms with E-state index in [2.05, 4.69) is 17.2 Å². The van der Waals surface area contributed by atoms with Crippen LogP contribution in [0, 0.1) is 0 Å². The molecule has 4 heteroatoms. The second-order valence-corrected chi connectivity index (χ2v) is 5.90. The van der Waals surface area contributed by atoms with Crippen molar-refractivity contribution < 1.29 is 9.59 Å². The predicted octanol–water partition coefficient (Wildman–Crippen LogP) is 2.50. The van der Waals surface area contributed by atoms with Gasteiger partial charge in [0.1, 0.15) is 0 Å². The zero-order chi connectivity index (χ0) is 14.2. The molecule has 0 unspecified atom stereocenters. The number of fused-ring (bicyclic) bond motifs is 1. The highest BCUT2D eigenvalue weighted by Crippen LogP contribution is 2.31. The Hall–Kier alpha value is -1.97. The summed E-state index contributed by atoms with van der Waals surface area (Å²) in [6.07, 6.45) is 8.86. The van der Waals surface area contributed by atoms with Crippen molar-refractivity contribution in [3.8, 4) is 0 Å². The first-order chi connectivity index (χ1) is 9.59. The molecular weight excluding hydrogens is 252 g/mol. The van der Waals surface area contributed by atoms with Crippen LogP contribution >= 0.6 is 0 Å². The first kappa shape index (κ1) is 13.0. The first-order valence-electron chi connectivity index (χ1n) is 7.13. The molecule has 0 radical (unpaired) electrons. The number of carbonyl (C=O) groups excluding carboxylic acids is 2. The monoisotopic (exact) mass is 270 g/mol. The smallest absolute Gasteiger partial charge is 0.235 e. The number of aromatic nitrogens is 1. The third kappa shape index (κ3) is 2.26. The van der Waals surface area contributed by atoms with E-state index in [1.165, 1.54) is 25.3 Å². The van der Waals surface area contributed by atoms with E-state index in [0.717, 1.165) is 12.8 Å². The summed E-state index contributed by atoms with van der Waals surface area (Å²) in [5.41, 5.74) is 1.68. The van der Waals surface area contributed by atoms with Crippen molar-refractivity contribution in [3.05, 3.63) is 35.7 Å². The molecule has 0 atom stereocenters. The largest absolute Gasteiger partial charge is 0.378 e. The van der Waals surface area contributed by atoms with E-state index in [1.54, 1.807) is 18.3 Å². The number of Topliss-reactive ketones (excluding diaryl/α,β-unsaturated/α-hetero) is 1. The highest BCUT2D eigenvalue weighted by Gasteiger charge is 2.32. The minimum Gasteiger partial charge on any atom is -0.378 e. The lowest BCUT2D eigenvalue weighted by atomic mass is 9.82. The van der Waals surface area contributed by atoms with Crippen LogP contribution in [0.15, 0.2) is 24.4 Å². The molecule has 1 heterocycles. The Morgan fingerprint density at radius 3 is 2.70 bits per heavy atom. The summed E-state index contributed by atoms with van der Waals surface area (Å²) in [4.78, 5) is 28.0. The average Bonchev–Trinajstić information content (AvgIpc) is 2.45. The number of hydrogen-bond donors (Lipinski definition) is 1. The SMILES string of the molecule is CC1(NC2=CC(=O)C(=O)c3cccnc32)CCCCC1. The number of rotatable bonds is 2. The molecule has 3 rings (SSSR count). The maximum Gasteiger partial charge on any atom is 0.235 e. The quantitative estimate of drug-likeness (QED) is 0.839. The number of carbonyl (C=O) groups is 2. The van der Waals surface area contributed by atoms with Crippen molar-refractivity contribution in [1.29, 1.82) is 0 Å². The van der Waals surface area contributed by atoms with E-state index in [-0.39, 0.29) is 5.54 Å². The predicted molar refractivity (Wildman–Crippen MR) is 76.2 cm³/mol. The molecule has 0 amide bonds. The standard InChI is InChI=1S/C16H18N2O2/c1-16(7-3-2-4-8-16)18-12-10-13(19)15(20)11-6-5-9-17-14(11)12/h5-6,9-10,18H,2-4,7-8H2,1H3. The fourth-order valence-corrected chi connectivity index (χ4v) is 3.08. The Labute approximate surface area is 118 Å². The van der Waals surface area contributed by atoms with Crippen molar-refractivity contribution in [2.75, 3.05) is 0 Å². The van der Waals surface area contributed by atoms with Gasteiger partial charge in [0.2, 0.25) is 11.6 Å².